The van der Waals surface area contributed by atoms with E-state index in [-0.39, 0.29) is 11.9 Å². The minimum atomic E-state index is -0.222. The van der Waals surface area contributed by atoms with Gasteiger partial charge in [0.05, 0.1) is 13.2 Å². The Morgan fingerprint density at radius 1 is 1.24 bits per heavy atom. The van der Waals surface area contributed by atoms with E-state index < -0.39 is 0 Å². The first kappa shape index (κ1) is 16.0. The number of ether oxygens (including phenoxy) is 1. The van der Waals surface area contributed by atoms with E-state index in [1.165, 1.54) is 6.07 Å². The van der Waals surface area contributed by atoms with Gasteiger partial charge in [0.15, 0.2) is 0 Å². The molecule has 0 bridgehead atoms. The molecule has 0 fully saturated rings. The highest BCUT2D eigenvalue weighted by Crippen LogP contribution is 2.31. The van der Waals surface area contributed by atoms with Gasteiger partial charge >= 0.3 is 0 Å². The van der Waals surface area contributed by atoms with E-state index in [9.17, 15) is 4.39 Å². The normalized spacial score (nSPS) is 12.2. The predicted molar refractivity (Wildman–Crippen MR) is 87.2 cm³/mol. The van der Waals surface area contributed by atoms with Crippen molar-refractivity contribution in [2.24, 2.45) is 0 Å². The second-order valence-electron chi connectivity index (χ2n) is 4.83. The molecule has 1 unspecified atom stereocenters. The van der Waals surface area contributed by atoms with E-state index in [1.54, 1.807) is 19.2 Å². The molecule has 0 saturated carbocycles. The zero-order valence-electron chi connectivity index (χ0n) is 12.2. The molecule has 112 valence electrons. The van der Waals surface area contributed by atoms with Crippen LogP contribution in [0.2, 0.25) is 0 Å². The lowest BCUT2D eigenvalue weighted by Crippen LogP contribution is -2.23. The molecule has 0 heterocycles. The maximum atomic E-state index is 13.5. The third-order valence-electron chi connectivity index (χ3n) is 3.30. The maximum Gasteiger partial charge on any atom is 0.123 e. The van der Waals surface area contributed by atoms with E-state index in [4.69, 9.17) is 4.74 Å². The van der Waals surface area contributed by atoms with Gasteiger partial charge in [-0.3, -0.25) is 0 Å². The molecule has 2 rings (SSSR count). The Morgan fingerprint density at radius 3 is 2.67 bits per heavy atom. The molecule has 21 heavy (non-hydrogen) atoms. The molecule has 1 atom stereocenters. The standard InChI is InChI=1S/C17H19BrFNO/c1-3-9-20-17(12-5-4-6-13(19)10-12)15-8-7-14(21-2)11-16(15)18/h4-8,10-11,17,20H,3,9H2,1-2H3. The van der Waals surface area contributed by atoms with Crippen LogP contribution in [0.5, 0.6) is 5.75 Å². The van der Waals surface area contributed by atoms with Crippen LogP contribution >= 0.6 is 15.9 Å². The van der Waals surface area contributed by atoms with Gasteiger partial charge < -0.3 is 10.1 Å². The van der Waals surface area contributed by atoms with Gasteiger partial charge in [-0.25, -0.2) is 4.39 Å². The number of halogens is 2. The summed E-state index contributed by atoms with van der Waals surface area (Å²) in [6.07, 6.45) is 1.01. The minimum absolute atomic E-state index is 0.0547. The Balaban J connectivity index is 2.40. The minimum Gasteiger partial charge on any atom is -0.497 e. The summed E-state index contributed by atoms with van der Waals surface area (Å²) in [6, 6.07) is 12.5. The molecule has 0 spiro atoms. The Kier molecular flexibility index (Phi) is 5.76. The maximum absolute atomic E-state index is 13.5. The molecular weight excluding hydrogens is 333 g/mol. The fourth-order valence-electron chi connectivity index (χ4n) is 2.25. The summed E-state index contributed by atoms with van der Waals surface area (Å²) in [6.45, 7) is 2.97. The van der Waals surface area contributed by atoms with Crippen LogP contribution in [0.1, 0.15) is 30.5 Å². The van der Waals surface area contributed by atoms with Crippen LogP contribution in [0.15, 0.2) is 46.9 Å². The van der Waals surface area contributed by atoms with Gasteiger partial charge in [-0.05, 0) is 48.4 Å². The quantitative estimate of drug-likeness (QED) is 0.815. The van der Waals surface area contributed by atoms with E-state index in [0.29, 0.717) is 0 Å². The Labute approximate surface area is 133 Å². The van der Waals surface area contributed by atoms with Crippen LogP contribution in [0.25, 0.3) is 0 Å². The van der Waals surface area contributed by atoms with Gasteiger partial charge in [0.25, 0.3) is 0 Å². The summed E-state index contributed by atoms with van der Waals surface area (Å²) in [4.78, 5) is 0. The first-order valence-electron chi connectivity index (χ1n) is 6.98. The van der Waals surface area contributed by atoms with E-state index in [1.807, 2.05) is 24.3 Å². The SMILES string of the molecule is CCCNC(c1cccc(F)c1)c1ccc(OC)cc1Br. The van der Waals surface area contributed by atoms with E-state index in [2.05, 4.69) is 28.2 Å². The summed E-state index contributed by atoms with van der Waals surface area (Å²) in [5.41, 5.74) is 1.98. The molecule has 0 amide bonds. The predicted octanol–water partition coefficient (Wildman–Crippen LogP) is 4.69. The van der Waals surface area contributed by atoms with Gasteiger partial charge in [0, 0.05) is 4.47 Å². The van der Waals surface area contributed by atoms with Crippen molar-refractivity contribution in [1.29, 1.82) is 0 Å². The van der Waals surface area contributed by atoms with Crippen molar-refractivity contribution in [3.8, 4) is 5.75 Å². The van der Waals surface area contributed by atoms with Crippen LogP contribution < -0.4 is 10.1 Å². The molecule has 0 aliphatic carbocycles. The zero-order valence-corrected chi connectivity index (χ0v) is 13.8. The smallest absolute Gasteiger partial charge is 0.123 e. The van der Waals surface area contributed by atoms with Gasteiger partial charge in [-0.15, -0.1) is 0 Å². The summed E-state index contributed by atoms with van der Waals surface area (Å²) in [5.74, 6) is 0.569. The largest absolute Gasteiger partial charge is 0.497 e. The molecular formula is C17H19BrFNO. The average molecular weight is 352 g/mol. The first-order chi connectivity index (χ1) is 10.2. The fraction of sp³-hybridized carbons (Fsp3) is 0.294. The van der Waals surface area contributed by atoms with Gasteiger partial charge in [-0.2, -0.15) is 0 Å². The lowest BCUT2D eigenvalue weighted by Gasteiger charge is -2.21. The number of benzene rings is 2. The molecule has 0 aromatic heterocycles. The zero-order chi connectivity index (χ0) is 15.2. The third kappa shape index (κ3) is 4.05. The number of hydrogen-bond donors (Lipinski definition) is 1. The second kappa shape index (κ2) is 7.57. The van der Waals surface area contributed by atoms with E-state index >= 15 is 0 Å². The van der Waals surface area contributed by atoms with Crippen molar-refractivity contribution in [3.63, 3.8) is 0 Å². The summed E-state index contributed by atoms with van der Waals surface area (Å²) < 4.78 is 19.7. The van der Waals surface area contributed by atoms with Crippen molar-refractivity contribution in [3.05, 3.63) is 63.9 Å². The summed E-state index contributed by atoms with van der Waals surface area (Å²) in [5, 5.41) is 3.47. The highest BCUT2D eigenvalue weighted by Gasteiger charge is 2.17. The molecule has 0 radical (unpaired) electrons. The summed E-state index contributed by atoms with van der Waals surface area (Å²) in [7, 11) is 1.64. The molecule has 2 nitrogen and oxygen atoms in total. The first-order valence-corrected chi connectivity index (χ1v) is 7.77. The van der Waals surface area contributed by atoms with Crippen LogP contribution in [0, 0.1) is 5.82 Å². The van der Waals surface area contributed by atoms with Crippen LogP contribution in [0.3, 0.4) is 0 Å². The highest BCUT2D eigenvalue weighted by atomic mass is 79.9. The second-order valence-corrected chi connectivity index (χ2v) is 5.68. The number of hydrogen-bond acceptors (Lipinski definition) is 2. The van der Waals surface area contributed by atoms with Crippen molar-refractivity contribution in [1.82, 2.24) is 5.32 Å². The van der Waals surface area contributed by atoms with Crippen molar-refractivity contribution in [2.45, 2.75) is 19.4 Å². The molecule has 1 N–H and O–H groups in total. The van der Waals surface area contributed by atoms with Gasteiger partial charge in [-0.1, -0.05) is 41.1 Å². The summed E-state index contributed by atoms with van der Waals surface area (Å²) >= 11 is 3.58. The molecule has 0 saturated heterocycles. The molecule has 2 aromatic carbocycles. The molecule has 0 aliphatic heterocycles. The Bertz CT molecular complexity index is 603. The molecule has 2 aromatic rings. The number of methoxy groups -OCH3 is 1. The monoisotopic (exact) mass is 351 g/mol. The Hall–Kier alpha value is -1.39. The van der Waals surface area contributed by atoms with Crippen molar-refractivity contribution >= 4 is 15.9 Å². The fourth-order valence-corrected chi connectivity index (χ4v) is 2.84. The van der Waals surface area contributed by atoms with Crippen LogP contribution in [0.4, 0.5) is 4.39 Å². The van der Waals surface area contributed by atoms with Crippen molar-refractivity contribution < 1.29 is 9.13 Å². The third-order valence-corrected chi connectivity index (χ3v) is 3.99. The number of rotatable bonds is 6. The topological polar surface area (TPSA) is 21.3 Å². The molecule has 4 heteroatoms. The van der Waals surface area contributed by atoms with Gasteiger partial charge in [0.2, 0.25) is 0 Å². The van der Waals surface area contributed by atoms with Crippen LogP contribution in [-0.4, -0.2) is 13.7 Å². The van der Waals surface area contributed by atoms with Crippen LogP contribution in [-0.2, 0) is 0 Å². The average Bonchev–Trinajstić information content (AvgIpc) is 2.49. The lowest BCUT2D eigenvalue weighted by molar-refractivity contribution is 0.414. The van der Waals surface area contributed by atoms with E-state index in [0.717, 1.165) is 34.3 Å². The Morgan fingerprint density at radius 2 is 2.05 bits per heavy atom. The number of nitrogens with one attached hydrogen (secondary N) is 1. The van der Waals surface area contributed by atoms with Crippen molar-refractivity contribution in [2.75, 3.05) is 13.7 Å². The molecule has 0 aliphatic rings. The highest BCUT2D eigenvalue weighted by molar-refractivity contribution is 9.10. The lowest BCUT2D eigenvalue weighted by atomic mass is 9.98. The van der Waals surface area contributed by atoms with Gasteiger partial charge in [0.1, 0.15) is 11.6 Å².